The molecule has 0 saturated heterocycles. The van der Waals surface area contributed by atoms with Gasteiger partial charge < -0.3 is 14.2 Å². The van der Waals surface area contributed by atoms with E-state index < -0.39 is 5.97 Å². The summed E-state index contributed by atoms with van der Waals surface area (Å²) in [5.74, 6) is 0.330. The summed E-state index contributed by atoms with van der Waals surface area (Å²) in [6.45, 7) is 6.74. The van der Waals surface area contributed by atoms with Crippen molar-refractivity contribution in [1.82, 2.24) is 0 Å². The van der Waals surface area contributed by atoms with Gasteiger partial charge in [0.1, 0.15) is 11.5 Å². The maximum atomic E-state index is 12.0. The standard InChI is InChI=1S/C24H27O5/c1-3-5-6-18-27-21-12-14-22(15-13-21)29-23(25)16-9-19-7-10-20(11-8-19)24(26)28-17-4-2/h7-16H,2-6,17-18H2,1H3/b16-9+. The molecule has 0 atom stereocenters. The Morgan fingerprint density at radius 1 is 0.931 bits per heavy atom. The number of benzene rings is 2. The van der Waals surface area contributed by atoms with Crippen LogP contribution in [0.15, 0.2) is 54.6 Å². The molecule has 0 aliphatic heterocycles. The van der Waals surface area contributed by atoms with Crippen LogP contribution in [0.2, 0.25) is 0 Å². The van der Waals surface area contributed by atoms with Crippen molar-refractivity contribution >= 4 is 18.0 Å². The summed E-state index contributed by atoms with van der Waals surface area (Å²) in [5, 5.41) is 0. The number of ether oxygens (including phenoxy) is 3. The lowest BCUT2D eigenvalue weighted by Crippen LogP contribution is -2.05. The molecule has 0 bridgehead atoms. The number of unbranched alkanes of at least 4 members (excludes halogenated alkanes) is 2. The van der Waals surface area contributed by atoms with E-state index in [1.165, 1.54) is 6.08 Å². The van der Waals surface area contributed by atoms with Gasteiger partial charge >= 0.3 is 11.9 Å². The molecule has 2 rings (SSSR count). The highest BCUT2D eigenvalue weighted by atomic mass is 16.5. The predicted molar refractivity (Wildman–Crippen MR) is 113 cm³/mol. The van der Waals surface area contributed by atoms with Crippen LogP contribution in [0, 0.1) is 6.92 Å². The van der Waals surface area contributed by atoms with Crippen LogP contribution < -0.4 is 9.47 Å². The molecule has 0 fully saturated rings. The van der Waals surface area contributed by atoms with Crippen molar-refractivity contribution in [2.45, 2.75) is 32.6 Å². The van der Waals surface area contributed by atoms with E-state index in [-0.39, 0.29) is 12.6 Å². The Morgan fingerprint density at radius 3 is 2.28 bits per heavy atom. The molecular weight excluding hydrogens is 368 g/mol. The molecule has 0 N–H and O–H groups in total. The van der Waals surface area contributed by atoms with E-state index in [0.717, 1.165) is 30.6 Å². The summed E-state index contributed by atoms with van der Waals surface area (Å²) in [6, 6.07) is 13.7. The molecule has 0 heterocycles. The van der Waals surface area contributed by atoms with E-state index in [1.54, 1.807) is 54.6 Å². The van der Waals surface area contributed by atoms with Gasteiger partial charge in [0, 0.05) is 6.08 Å². The van der Waals surface area contributed by atoms with Gasteiger partial charge in [-0.1, -0.05) is 31.9 Å². The van der Waals surface area contributed by atoms with Crippen LogP contribution in [0.3, 0.4) is 0 Å². The lowest BCUT2D eigenvalue weighted by Gasteiger charge is -2.06. The van der Waals surface area contributed by atoms with E-state index >= 15 is 0 Å². The fourth-order valence-electron chi connectivity index (χ4n) is 2.44. The van der Waals surface area contributed by atoms with Crippen LogP contribution in [-0.4, -0.2) is 25.2 Å². The number of rotatable bonds is 11. The monoisotopic (exact) mass is 395 g/mol. The molecule has 0 aliphatic carbocycles. The second-order valence-corrected chi connectivity index (χ2v) is 6.39. The van der Waals surface area contributed by atoms with Gasteiger partial charge in [-0.25, -0.2) is 9.59 Å². The SMILES string of the molecule is [CH2]CCOC(=O)c1ccc(/C=C/C(=O)Oc2ccc(OCCCCC)cc2)cc1. The predicted octanol–water partition coefficient (Wildman–Crippen LogP) is 5.26. The Morgan fingerprint density at radius 2 is 1.62 bits per heavy atom. The minimum absolute atomic E-state index is 0.290. The zero-order valence-corrected chi connectivity index (χ0v) is 16.8. The van der Waals surface area contributed by atoms with Gasteiger partial charge in [0.15, 0.2) is 0 Å². The van der Waals surface area contributed by atoms with E-state index in [1.807, 2.05) is 0 Å². The fraction of sp³-hybridized carbons (Fsp3) is 0.292. The molecule has 0 unspecified atom stereocenters. The largest absolute Gasteiger partial charge is 0.494 e. The lowest BCUT2D eigenvalue weighted by molar-refractivity contribution is -0.128. The van der Waals surface area contributed by atoms with E-state index in [2.05, 4.69) is 13.8 Å². The molecule has 29 heavy (non-hydrogen) atoms. The minimum atomic E-state index is -0.486. The minimum Gasteiger partial charge on any atom is -0.494 e. The third kappa shape index (κ3) is 8.21. The van der Waals surface area contributed by atoms with Crippen molar-refractivity contribution in [3.05, 3.63) is 72.7 Å². The summed E-state index contributed by atoms with van der Waals surface area (Å²) in [7, 11) is 0. The molecule has 0 aliphatic rings. The van der Waals surface area contributed by atoms with Gasteiger partial charge in [0.05, 0.1) is 18.8 Å². The highest BCUT2D eigenvalue weighted by Crippen LogP contribution is 2.18. The van der Waals surface area contributed by atoms with E-state index in [4.69, 9.17) is 14.2 Å². The van der Waals surface area contributed by atoms with Gasteiger partial charge in [-0.3, -0.25) is 0 Å². The zero-order valence-electron chi connectivity index (χ0n) is 16.8. The van der Waals surface area contributed by atoms with Gasteiger partial charge in [-0.05, 0) is 67.8 Å². The number of carbonyl (C=O) groups excluding carboxylic acids is 2. The van der Waals surface area contributed by atoms with Gasteiger partial charge in [0.25, 0.3) is 0 Å². The van der Waals surface area contributed by atoms with Crippen LogP contribution in [0.4, 0.5) is 0 Å². The lowest BCUT2D eigenvalue weighted by atomic mass is 10.1. The quantitative estimate of drug-likeness (QED) is 0.225. The normalized spacial score (nSPS) is 10.7. The Hall–Kier alpha value is -3.08. The highest BCUT2D eigenvalue weighted by molar-refractivity contribution is 5.91. The molecule has 0 amide bonds. The number of esters is 2. The van der Waals surface area contributed by atoms with Crippen molar-refractivity contribution in [1.29, 1.82) is 0 Å². The van der Waals surface area contributed by atoms with Crippen LogP contribution in [0.25, 0.3) is 6.08 Å². The summed E-state index contributed by atoms with van der Waals surface area (Å²) >= 11 is 0. The maximum Gasteiger partial charge on any atom is 0.338 e. The molecule has 5 heteroatoms. The Balaban J connectivity index is 1.82. The molecule has 0 saturated carbocycles. The third-order valence-corrected chi connectivity index (χ3v) is 3.99. The third-order valence-electron chi connectivity index (χ3n) is 3.99. The Kier molecular flexibility index (Phi) is 9.49. The number of hydrogen-bond donors (Lipinski definition) is 0. The molecule has 153 valence electrons. The first-order valence-electron chi connectivity index (χ1n) is 9.81. The van der Waals surface area contributed by atoms with Gasteiger partial charge in [-0.15, -0.1) is 0 Å². The van der Waals surface area contributed by atoms with E-state index in [0.29, 0.717) is 24.3 Å². The summed E-state index contributed by atoms with van der Waals surface area (Å²) in [4.78, 5) is 23.7. The number of hydrogen-bond acceptors (Lipinski definition) is 5. The van der Waals surface area contributed by atoms with Crippen molar-refractivity contribution in [3.8, 4) is 11.5 Å². The van der Waals surface area contributed by atoms with Gasteiger partial charge in [0.2, 0.25) is 0 Å². The van der Waals surface area contributed by atoms with Crippen LogP contribution in [-0.2, 0) is 9.53 Å². The highest BCUT2D eigenvalue weighted by Gasteiger charge is 2.06. The molecule has 5 nitrogen and oxygen atoms in total. The zero-order chi connectivity index (χ0) is 20.9. The molecule has 2 aromatic rings. The first-order chi connectivity index (χ1) is 14.1. The first-order valence-corrected chi connectivity index (χ1v) is 9.81. The smallest absolute Gasteiger partial charge is 0.338 e. The van der Waals surface area contributed by atoms with Crippen molar-refractivity contribution < 1.29 is 23.8 Å². The maximum absolute atomic E-state index is 12.0. The second-order valence-electron chi connectivity index (χ2n) is 6.39. The average molecular weight is 395 g/mol. The van der Waals surface area contributed by atoms with E-state index in [9.17, 15) is 9.59 Å². The Bertz CT molecular complexity index is 791. The van der Waals surface area contributed by atoms with Gasteiger partial charge in [-0.2, -0.15) is 0 Å². The van der Waals surface area contributed by atoms with Crippen molar-refractivity contribution in [2.75, 3.05) is 13.2 Å². The van der Waals surface area contributed by atoms with Crippen LogP contribution in [0.1, 0.15) is 48.5 Å². The summed E-state index contributed by atoms with van der Waals surface area (Å²) < 4.78 is 15.9. The number of carbonyl (C=O) groups is 2. The molecule has 0 aromatic heterocycles. The van der Waals surface area contributed by atoms with Crippen molar-refractivity contribution in [3.63, 3.8) is 0 Å². The molecule has 0 spiro atoms. The second kappa shape index (κ2) is 12.4. The van der Waals surface area contributed by atoms with Crippen molar-refractivity contribution in [2.24, 2.45) is 0 Å². The summed E-state index contributed by atoms with van der Waals surface area (Å²) in [5.41, 5.74) is 1.22. The molecular formula is C24H27O5. The summed E-state index contributed by atoms with van der Waals surface area (Å²) in [6.07, 6.45) is 6.81. The molecule has 2 aromatic carbocycles. The Labute approximate surface area is 172 Å². The first kappa shape index (κ1) is 22.2. The molecule has 1 radical (unpaired) electrons. The topological polar surface area (TPSA) is 61.8 Å². The fourth-order valence-corrected chi connectivity index (χ4v) is 2.44. The van der Waals surface area contributed by atoms with Crippen LogP contribution in [0.5, 0.6) is 11.5 Å². The van der Waals surface area contributed by atoms with Crippen LogP contribution >= 0.6 is 0 Å². The average Bonchev–Trinajstić information content (AvgIpc) is 2.75.